The summed E-state index contributed by atoms with van der Waals surface area (Å²) >= 11 is 2.09. The average Bonchev–Trinajstić information content (AvgIpc) is 2.74. The molecule has 0 saturated heterocycles. The number of nitrogens with zero attached hydrogens (tertiary/aromatic N) is 2. The van der Waals surface area contributed by atoms with E-state index in [1.165, 1.54) is 7.05 Å². The number of nitrogens with one attached hydrogen (secondary N) is 1. The molecule has 1 aromatic carbocycles. The number of anilines is 1. The second-order valence-electron chi connectivity index (χ2n) is 4.02. The van der Waals surface area contributed by atoms with Gasteiger partial charge in [0.15, 0.2) is 5.69 Å². The van der Waals surface area contributed by atoms with E-state index in [-0.39, 0.29) is 0 Å². The normalized spacial score (nSPS) is 11.4. The van der Waals surface area contributed by atoms with Gasteiger partial charge in [-0.05, 0) is 46.9 Å². The molecule has 0 bridgehead atoms. The van der Waals surface area contributed by atoms with E-state index in [1.54, 1.807) is 24.3 Å². The smallest absolute Gasteiger partial charge is 0.322 e. The lowest BCUT2D eigenvalue weighted by Crippen LogP contribution is -2.17. The number of hydrogen-bond donors (Lipinski definition) is 1. The van der Waals surface area contributed by atoms with Crippen molar-refractivity contribution in [3.05, 3.63) is 45.3 Å². The lowest BCUT2D eigenvalue weighted by atomic mass is 10.2. The van der Waals surface area contributed by atoms with E-state index >= 15 is 0 Å². The third kappa shape index (κ3) is 3.30. The molecular weight excluding hydrogens is 386 g/mol. The molecule has 106 valence electrons. The van der Waals surface area contributed by atoms with Crippen LogP contribution in [0.1, 0.15) is 16.1 Å². The Bertz CT molecular complexity index is 634. The van der Waals surface area contributed by atoms with Crippen molar-refractivity contribution in [1.29, 1.82) is 0 Å². The molecule has 8 heteroatoms. The maximum absolute atomic E-state index is 12.8. The van der Waals surface area contributed by atoms with E-state index in [4.69, 9.17) is 0 Å². The molecule has 0 atom stereocenters. The number of hydrogen-bond acceptors (Lipinski definition) is 2. The highest BCUT2D eigenvalue weighted by Crippen LogP contribution is 2.30. The first-order valence-electron chi connectivity index (χ1n) is 5.45. The number of halogens is 4. The van der Waals surface area contributed by atoms with Gasteiger partial charge >= 0.3 is 6.18 Å². The minimum absolute atomic E-state index is 0.424. The van der Waals surface area contributed by atoms with Gasteiger partial charge in [-0.1, -0.05) is 0 Å². The Morgan fingerprint density at radius 3 is 2.45 bits per heavy atom. The molecular formula is C12H9F3IN3O. The zero-order valence-electron chi connectivity index (χ0n) is 10.2. The summed E-state index contributed by atoms with van der Waals surface area (Å²) in [6, 6.07) is 6.71. The predicted molar refractivity (Wildman–Crippen MR) is 75.3 cm³/mol. The van der Waals surface area contributed by atoms with Crippen LogP contribution in [0.2, 0.25) is 0 Å². The molecule has 0 saturated carbocycles. The quantitative estimate of drug-likeness (QED) is 0.794. The van der Waals surface area contributed by atoms with Crippen LogP contribution in [0.15, 0.2) is 30.5 Å². The summed E-state index contributed by atoms with van der Waals surface area (Å²) in [6.45, 7) is 0. The molecule has 0 aliphatic heterocycles. The van der Waals surface area contributed by atoms with Crippen molar-refractivity contribution in [3.63, 3.8) is 0 Å². The molecule has 0 fully saturated rings. The van der Waals surface area contributed by atoms with Gasteiger partial charge in [0.1, 0.15) is 0 Å². The monoisotopic (exact) mass is 395 g/mol. The number of benzene rings is 1. The minimum Gasteiger partial charge on any atom is -0.322 e. The van der Waals surface area contributed by atoms with Crippen LogP contribution < -0.4 is 5.32 Å². The number of aryl methyl sites for hydroxylation is 1. The van der Waals surface area contributed by atoms with Gasteiger partial charge in [-0.15, -0.1) is 0 Å². The highest BCUT2D eigenvalue weighted by molar-refractivity contribution is 14.1. The van der Waals surface area contributed by atoms with Crippen molar-refractivity contribution < 1.29 is 18.0 Å². The summed E-state index contributed by atoms with van der Waals surface area (Å²) < 4.78 is 40.2. The van der Waals surface area contributed by atoms with E-state index in [0.717, 1.165) is 14.4 Å². The first-order chi connectivity index (χ1) is 9.27. The van der Waals surface area contributed by atoms with Gasteiger partial charge in [-0.25, -0.2) is 0 Å². The van der Waals surface area contributed by atoms with Crippen LogP contribution in [0.25, 0.3) is 0 Å². The highest BCUT2D eigenvalue weighted by atomic mass is 127. The fraction of sp³-hybridized carbons (Fsp3) is 0.167. The van der Waals surface area contributed by atoms with Gasteiger partial charge in [0.2, 0.25) is 0 Å². The van der Waals surface area contributed by atoms with Crippen molar-refractivity contribution in [2.45, 2.75) is 6.18 Å². The Balaban J connectivity index is 2.28. The van der Waals surface area contributed by atoms with E-state index in [2.05, 4.69) is 33.0 Å². The Morgan fingerprint density at radius 1 is 1.30 bits per heavy atom. The van der Waals surface area contributed by atoms with Crippen LogP contribution >= 0.6 is 22.6 Å². The van der Waals surface area contributed by atoms with Crippen LogP contribution in [-0.2, 0) is 13.2 Å². The van der Waals surface area contributed by atoms with Gasteiger partial charge in [0.05, 0.1) is 5.56 Å². The predicted octanol–water partition coefficient (Wildman–Crippen LogP) is 3.30. The molecule has 20 heavy (non-hydrogen) atoms. The fourth-order valence-corrected chi connectivity index (χ4v) is 1.96. The Kier molecular flexibility index (Phi) is 4.02. The zero-order chi connectivity index (χ0) is 14.9. The molecule has 1 N–H and O–H groups in total. The van der Waals surface area contributed by atoms with E-state index in [9.17, 15) is 18.0 Å². The highest BCUT2D eigenvalue weighted by Gasteiger charge is 2.38. The SMILES string of the molecule is Cn1cc(C(=O)Nc2ccc(I)cc2)c(C(F)(F)F)n1. The van der Waals surface area contributed by atoms with Crippen molar-refractivity contribution in [1.82, 2.24) is 9.78 Å². The fourth-order valence-electron chi connectivity index (χ4n) is 1.60. The second-order valence-corrected chi connectivity index (χ2v) is 5.27. The first-order valence-corrected chi connectivity index (χ1v) is 6.53. The van der Waals surface area contributed by atoms with E-state index < -0.39 is 23.3 Å². The Labute approximate surface area is 126 Å². The number of rotatable bonds is 2. The lowest BCUT2D eigenvalue weighted by Gasteiger charge is -2.07. The Hall–Kier alpha value is -1.58. The maximum atomic E-state index is 12.8. The Morgan fingerprint density at radius 2 is 1.90 bits per heavy atom. The summed E-state index contributed by atoms with van der Waals surface area (Å²) in [6.07, 6.45) is -3.62. The van der Waals surface area contributed by atoms with Gasteiger partial charge in [-0.2, -0.15) is 18.3 Å². The molecule has 0 radical (unpaired) electrons. The van der Waals surface area contributed by atoms with Crippen molar-refractivity contribution in [3.8, 4) is 0 Å². The van der Waals surface area contributed by atoms with E-state index in [1.807, 2.05) is 0 Å². The van der Waals surface area contributed by atoms with Gasteiger partial charge in [0.25, 0.3) is 5.91 Å². The molecule has 0 aliphatic rings. The summed E-state index contributed by atoms with van der Waals surface area (Å²) in [5, 5.41) is 5.70. The third-order valence-electron chi connectivity index (χ3n) is 2.44. The summed E-state index contributed by atoms with van der Waals surface area (Å²) in [5.41, 5.74) is -1.27. The largest absolute Gasteiger partial charge is 0.435 e. The molecule has 0 unspecified atom stereocenters. The second kappa shape index (κ2) is 5.43. The minimum atomic E-state index is -4.67. The van der Waals surface area contributed by atoms with Crippen LogP contribution in [0.4, 0.5) is 18.9 Å². The van der Waals surface area contributed by atoms with Gasteiger partial charge < -0.3 is 5.32 Å². The van der Waals surface area contributed by atoms with Gasteiger partial charge in [-0.3, -0.25) is 9.48 Å². The molecule has 0 spiro atoms. The average molecular weight is 395 g/mol. The number of alkyl halides is 3. The summed E-state index contributed by atoms with van der Waals surface area (Å²) in [4.78, 5) is 11.9. The number of amides is 1. The van der Waals surface area contributed by atoms with Crippen LogP contribution in [0.3, 0.4) is 0 Å². The molecule has 1 heterocycles. The van der Waals surface area contributed by atoms with Gasteiger partial charge in [0, 0.05) is 22.5 Å². The topological polar surface area (TPSA) is 46.9 Å². The maximum Gasteiger partial charge on any atom is 0.435 e. The third-order valence-corrected chi connectivity index (χ3v) is 3.16. The number of aromatic nitrogens is 2. The standard InChI is InChI=1S/C12H9F3IN3O/c1-19-6-9(10(18-19)12(13,14)15)11(20)17-8-4-2-7(16)3-5-8/h2-6H,1H3,(H,17,20). The number of carbonyl (C=O) groups excluding carboxylic acids is 1. The van der Waals surface area contributed by atoms with Crippen molar-refractivity contribution in [2.75, 3.05) is 5.32 Å². The van der Waals surface area contributed by atoms with Crippen molar-refractivity contribution >= 4 is 34.2 Å². The van der Waals surface area contributed by atoms with Crippen LogP contribution in [-0.4, -0.2) is 15.7 Å². The molecule has 0 aliphatic carbocycles. The summed E-state index contributed by atoms with van der Waals surface area (Å²) in [7, 11) is 1.33. The first kappa shape index (κ1) is 14.8. The summed E-state index contributed by atoms with van der Waals surface area (Å²) in [5.74, 6) is -0.841. The molecule has 2 aromatic rings. The zero-order valence-corrected chi connectivity index (χ0v) is 12.4. The molecule has 1 amide bonds. The van der Waals surface area contributed by atoms with Crippen LogP contribution in [0, 0.1) is 3.57 Å². The lowest BCUT2D eigenvalue weighted by molar-refractivity contribution is -0.141. The van der Waals surface area contributed by atoms with Crippen LogP contribution in [0.5, 0.6) is 0 Å². The molecule has 4 nitrogen and oxygen atoms in total. The van der Waals surface area contributed by atoms with E-state index in [0.29, 0.717) is 5.69 Å². The number of carbonyl (C=O) groups is 1. The molecule has 1 aromatic heterocycles. The molecule has 2 rings (SSSR count). The van der Waals surface area contributed by atoms with Crippen molar-refractivity contribution in [2.24, 2.45) is 7.05 Å².